The first-order valence-corrected chi connectivity index (χ1v) is 6.95. The predicted molar refractivity (Wildman–Crippen MR) is 80.1 cm³/mol. The van der Waals surface area contributed by atoms with Gasteiger partial charge in [0.05, 0.1) is 20.3 Å². The van der Waals surface area contributed by atoms with E-state index in [0.29, 0.717) is 24.3 Å². The number of carboxylic acids is 1. The molecular formula is C16H24O5. The monoisotopic (exact) mass is 296 g/mol. The van der Waals surface area contributed by atoms with Crippen LogP contribution in [0.25, 0.3) is 0 Å². The van der Waals surface area contributed by atoms with Crippen LogP contribution < -0.4 is 9.47 Å². The van der Waals surface area contributed by atoms with Crippen molar-refractivity contribution in [2.24, 2.45) is 5.92 Å². The molecule has 118 valence electrons. The highest BCUT2D eigenvalue weighted by atomic mass is 16.5. The Kier molecular flexibility index (Phi) is 7.02. The summed E-state index contributed by atoms with van der Waals surface area (Å²) in [6.07, 6.45) is 1.49. The van der Waals surface area contributed by atoms with Crippen LogP contribution >= 0.6 is 0 Å². The molecule has 1 rings (SSSR count). The molecule has 0 saturated heterocycles. The quantitative estimate of drug-likeness (QED) is 0.759. The van der Waals surface area contributed by atoms with E-state index in [-0.39, 0.29) is 18.4 Å². The van der Waals surface area contributed by atoms with Gasteiger partial charge < -0.3 is 19.3 Å². The van der Waals surface area contributed by atoms with Crippen molar-refractivity contribution in [3.8, 4) is 11.5 Å². The first kappa shape index (κ1) is 17.3. The first-order valence-electron chi connectivity index (χ1n) is 6.95. The van der Waals surface area contributed by atoms with E-state index >= 15 is 0 Å². The Morgan fingerprint density at radius 3 is 2.14 bits per heavy atom. The average molecular weight is 296 g/mol. The van der Waals surface area contributed by atoms with E-state index in [1.54, 1.807) is 27.4 Å². The van der Waals surface area contributed by atoms with E-state index in [1.165, 1.54) is 0 Å². The zero-order valence-electron chi connectivity index (χ0n) is 13.1. The minimum Gasteiger partial charge on any atom is -0.497 e. The second-order valence-corrected chi connectivity index (χ2v) is 5.17. The first-order chi connectivity index (χ1) is 9.98. The maximum Gasteiger partial charge on any atom is 0.303 e. The SMILES string of the molecule is COc1cc(CC(CC(=O)O)CC(C)OC)cc(OC)c1. The van der Waals surface area contributed by atoms with Crippen LogP contribution in [0.5, 0.6) is 11.5 Å². The Hall–Kier alpha value is -1.75. The van der Waals surface area contributed by atoms with Gasteiger partial charge in [0, 0.05) is 19.6 Å². The highest BCUT2D eigenvalue weighted by molar-refractivity contribution is 5.67. The van der Waals surface area contributed by atoms with Crippen molar-refractivity contribution in [3.05, 3.63) is 23.8 Å². The number of carboxylic acid groups (broad SMARTS) is 1. The molecular weight excluding hydrogens is 272 g/mol. The van der Waals surface area contributed by atoms with Crippen LogP contribution in [0.2, 0.25) is 0 Å². The summed E-state index contributed by atoms with van der Waals surface area (Å²) in [6, 6.07) is 5.62. The molecule has 0 bridgehead atoms. The van der Waals surface area contributed by atoms with Crippen LogP contribution in [-0.4, -0.2) is 38.5 Å². The minimum atomic E-state index is -0.793. The Morgan fingerprint density at radius 1 is 1.14 bits per heavy atom. The molecule has 0 saturated carbocycles. The smallest absolute Gasteiger partial charge is 0.303 e. The second-order valence-electron chi connectivity index (χ2n) is 5.17. The van der Waals surface area contributed by atoms with Crippen molar-refractivity contribution in [2.45, 2.75) is 32.3 Å². The van der Waals surface area contributed by atoms with Crippen molar-refractivity contribution >= 4 is 5.97 Å². The highest BCUT2D eigenvalue weighted by Crippen LogP contribution is 2.26. The molecule has 2 unspecified atom stereocenters. The maximum absolute atomic E-state index is 11.0. The van der Waals surface area contributed by atoms with Gasteiger partial charge in [0.1, 0.15) is 11.5 Å². The van der Waals surface area contributed by atoms with Crippen molar-refractivity contribution in [1.29, 1.82) is 0 Å². The van der Waals surface area contributed by atoms with E-state index in [1.807, 2.05) is 19.1 Å². The van der Waals surface area contributed by atoms with Crippen molar-refractivity contribution in [2.75, 3.05) is 21.3 Å². The highest BCUT2D eigenvalue weighted by Gasteiger charge is 2.18. The number of hydrogen-bond acceptors (Lipinski definition) is 4. The van der Waals surface area contributed by atoms with Crippen LogP contribution in [0.4, 0.5) is 0 Å². The van der Waals surface area contributed by atoms with Crippen LogP contribution in [-0.2, 0) is 16.0 Å². The number of rotatable bonds is 9. The molecule has 0 radical (unpaired) electrons. The van der Waals surface area contributed by atoms with Crippen molar-refractivity contribution in [3.63, 3.8) is 0 Å². The molecule has 5 heteroatoms. The fourth-order valence-electron chi connectivity index (χ4n) is 2.37. The van der Waals surface area contributed by atoms with Gasteiger partial charge in [-0.25, -0.2) is 0 Å². The van der Waals surface area contributed by atoms with Gasteiger partial charge in [-0.3, -0.25) is 4.79 Å². The molecule has 0 aromatic heterocycles. The summed E-state index contributed by atoms with van der Waals surface area (Å²) < 4.78 is 15.7. The molecule has 0 fully saturated rings. The number of aliphatic carboxylic acids is 1. The zero-order valence-corrected chi connectivity index (χ0v) is 13.1. The summed E-state index contributed by atoms with van der Waals surface area (Å²) in [5.74, 6) is 0.629. The Balaban J connectivity index is 2.88. The summed E-state index contributed by atoms with van der Waals surface area (Å²) in [5, 5.41) is 9.06. The number of hydrogen-bond donors (Lipinski definition) is 1. The maximum atomic E-state index is 11.0. The summed E-state index contributed by atoms with van der Waals surface area (Å²) in [7, 11) is 4.83. The Morgan fingerprint density at radius 2 is 1.71 bits per heavy atom. The lowest BCUT2D eigenvalue weighted by molar-refractivity contribution is -0.138. The van der Waals surface area contributed by atoms with Crippen LogP contribution in [0.1, 0.15) is 25.3 Å². The average Bonchev–Trinajstić information content (AvgIpc) is 2.45. The molecule has 0 aliphatic heterocycles. The van der Waals surface area contributed by atoms with Crippen molar-refractivity contribution in [1.82, 2.24) is 0 Å². The Bertz CT molecular complexity index is 436. The lowest BCUT2D eigenvalue weighted by Crippen LogP contribution is -2.18. The van der Waals surface area contributed by atoms with Gasteiger partial charge in [-0.05, 0) is 43.4 Å². The van der Waals surface area contributed by atoms with Crippen LogP contribution in [0.15, 0.2) is 18.2 Å². The summed E-state index contributed by atoms with van der Waals surface area (Å²) in [6.45, 7) is 1.95. The lowest BCUT2D eigenvalue weighted by Gasteiger charge is -2.19. The van der Waals surface area contributed by atoms with Gasteiger partial charge in [-0.1, -0.05) is 0 Å². The summed E-state index contributed by atoms with van der Waals surface area (Å²) in [5.41, 5.74) is 1.00. The number of methoxy groups -OCH3 is 3. The summed E-state index contributed by atoms with van der Waals surface area (Å²) >= 11 is 0. The van der Waals surface area contributed by atoms with Gasteiger partial charge in [-0.15, -0.1) is 0 Å². The van der Waals surface area contributed by atoms with Gasteiger partial charge in [0.2, 0.25) is 0 Å². The van der Waals surface area contributed by atoms with E-state index in [2.05, 4.69) is 0 Å². The third-order valence-corrected chi connectivity index (χ3v) is 3.47. The molecule has 0 amide bonds. The van der Waals surface area contributed by atoms with E-state index in [9.17, 15) is 4.79 Å². The molecule has 1 aromatic rings. The Labute approximate surface area is 125 Å². The van der Waals surface area contributed by atoms with Crippen LogP contribution in [0.3, 0.4) is 0 Å². The van der Waals surface area contributed by atoms with E-state index in [0.717, 1.165) is 5.56 Å². The normalized spacial score (nSPS) is 13.5. The number of benzene rings is 1. The van der Waals surface area contributed by atoms with Gasteiger partial charge in [-0.2, -0.15) is 0 Å². The van der Waals surface area contributed by atoms with Gasteiger partial charge in [0.15, 0.2) is 0 Å². The molecule has 2 atom stereocenters. The standard InChI is InChI=1S/C16H24O5/c1-11(19-2)5-12(9-16(17)18)6-13-7-14(20-3)10-15(8-13)21-4/h7-8,10-12H,5-6,9H2,1-4H3,(H,17,18). The van der Waals surface area contributed by atoms with Gasteiger partial charge >= 0.3 is 5.97 Å². The molecule has 0 aliphatic rings. The lowest BCUT2D eigenvalue weighted by atomic mass is 9.91. The molecule has 1 N–H and O–H groups in total. The topological polar surface area (TPSA) is 65.0 Å². The minimum absolute atomic E-state index is 0.00858. The van der Waals surface area contributed by atoms with E-state index < -0.39 is 5.97 Å². The molecule has 5 nitrogen and oxygen atoms in total. The zero-order chi connectivity index (χ0) is 15.8. The third-order valence-electron chi connectivity index (χ3n) is 3.47. The molecule has 0 aliphatic carbocycles. The number of ether oxygens (including phenoxy) is 3. The molecule has 0 heterocycles. The number of carbonyl (C=O) groups is 1. The third kappa shape index (κ3) is 6.04. The van der Waals surface area contributed by atoms with E-state index in [4.69, 9.17) is 19.3 Å². The summed E-state index contributed by atoms with van der Waals surface area (Å²) in [4.78, 5) is 11.0. The van der Waals surface area contributed by atoms with Crippen molar-refractivity contribution < 1.29 is 24.1 Å². The van der Waals surface area contributed by atoms with Gasteiger partial charge in [0.25, 0.3) is 0 Å². The fraction of sp³-hybridized carbons (Fsp3) is 0.562. The fourth-order valence-corrected chi connectivity index (χ4v) is 2.37. The largest absolute Gasteiger partial charge is 0.497 e. The second kappa shape index (κ2) is 8.52. The molecule has 0 spiro atoms. The van der Waals surface area contributed by atoms with Crippen LogP contribution in [0, 0.1) is 5.92 Å². The molecule has 21 heavy (non-hydrogen) atoms. The molecule has 1 aromatic carbocycles. The predicted octanol–water partition coefficient (Wildman–Crippen LogP) is 2.76.